The molecule has 0 aliphatic rings. The molecule has 1 aromatic heterocycles. The van der Waals surface area contributed by atoms with E-state index in [1.165, 1.54) is 11.1 Å². The molecular weight excluding hydrogens is 267 g/mol. The molecule has 6 heteroatoms. The first-order chi connectivity index (χ1) is 9.37. The Hall–Kier alpha value is -1.30. The third-order valence-electron chi connectivity index (χ3n) is 3.03. The van der Waals surface area contributed by atoms with Crippen molar-refractivity contribution in [2.24, 2.45) is 0 Å². The summed E-state index contributed by atoms with van der Waals surface area (Å²) in [7, 11) is 0. The Morgan fingerprint density at radius 1 is 1.30 bits per heavy atom. The van der Waals surface area contributed by atoms with Crippen LogP contribution in [0.25, 0.3) is 0 Å². The zero-order valence-electron chi connectivity index (χ0n) is 12.2. The fourth-order valence-corrected chi connectivity index (χ4v) is 1.91. The molecule has 114 valence electrons. The van der Waals surface area contributed by atoms with Crippen molar-refractivity contribution in [2.75, 3.05) is 24.5 Å². The van der Waals surface area contributed by atoms with E-state index in [9.17, 15) is 13.2 Å². The summed E-state index contributed by atoms with van der Waals surface area (Å²) in [6, 6.07) is 3.57. The Kier molecular flexibility index (Phi) is 6.26. The second-order valence-corrected chi connectivity index (χ2v) is 4.75. The van der Waals surface area contributed by atoms with E-state index in [2.05, 4.69) is 17.2 Å². The van der Waals surface area contributed by atoms with Crippen molar-refractivity contribution in [2.45, 2.75) is 39.4 Å². The van der Waals surface area contributed by atoms with Gasteiger partial charge in [0.2, 0.25) is 0 Å². The largest absolute Gasteiger partial charge is 0.405 e. The molecule has 0 aliphatic carbocycles. The molecule has 0 bridgehead atoms. The van der Waals surface area contributed by atoms with Crippen LogP contribution in [0.5, 0.6) is 0 Å². The number of hydrogen-bond acceptors (Lipinski definition) is 3. The fourth-order valence-electron chi connectivity index (χ4n) is 1.91. The third kappa shape index (κ3) is 5.36. The summed E-state index contributed by atoms with van der Waals surface area (Å²) >= 11 is 0. The van der Waals surface area contributed by atoms with Crippen molar-refractivity contribution in [3.8, 4) is 0 Å². The molecule has 1 atom stereocenters. The van der Waals surface area contributed by atoms with E-state index in [1.54, 1.807) is 19.1 Å². The molecular formula is C14H22F3N3. The zero-order valence-corrected chi connectivity index (χ0v) is 12.2. The lowest BCUT2D eigenvalue weighted by Gasteiger charge is -2.24. The number of nitrogens with one attached hydrogen (secondary N) is 1. The second kappa shape index (κ2) is 7.47. The first-order valence-corrected chi connectivity index (χ1v) is 6.88. The molecule has 0 aromatic carbocycles. The molecule has 0 aliphatic heterocycles. The number of nitrogens with zero attached hydrogens (tertiary/aromatic N) is 2. The van der Waals surface area contributed by atoms with Gasteiger partial charge in [-0.3, -0.25) is 4.98 Å². The van der Waals surface area contributed by atoms with Crippen LogP contribution in [0.4, 0.5) is 18.9 Å². The van der Waals surface area contributed by atoms with E-state index in [4.69, 9.17) is 0 Å². The minimum absolute atomic E-state index is 0.0988. The molecule has 1 unspecified atom stereocenters. The summed E-state index contributed by atoms with van der Waals surface area (Å²) in [6.45, 7) is 6.00. The van der Waals surface area contributed by atoms with Crippen molar-refractivity contribution >= 4 is 5.69 Å². The van der Waals surface area contributed by atoms with Crippen molar-refractivity contribution in [1.82, 2.24) is 10.3 Å². The lowest BCUT2D eigenvalue weighted by molar-refractivity contribution is -0.119. The van der Waals surface area contributed by atoms with Gasteiger partial charge in [0.1, 0.15) is 6.54 Å². The zero-order chi connectivity index (χ0) is 15.2. The number of halogens is 3. The Morgan fingerprint density at radius 2 is 2.00 bits per heavy atom. The summed E-state index contributed by atoms with van der Waals surface area (Å²) in [4.78, 5) is 5.52. The molecule has 1 rings (SSSR count). The van der Waals surface area contributed by atoms with Crippen LogP contribution in [-0.4, -0.2) is 30.8 Å². The summed E-state index contributed by atoms with van der Waals surface area (Å²) in [5.41, 5.74) is 1.33. The van der Waals surface area contributed by atoms with Crippen molar-refractivity contribution in [3.63, 3.8) is 0 Å². The SMILES string of the molecule is CCCNC(C)c1ccc(N(CC)CC(F)(F)F)cn1. The predicted molar refractivity (Wildman–Crippen MR) is 74.9 cm³/mol. The number of anilines is 1. The van der Waals surface area contributed by atoms with Gasteiger partial charge in [-0.05, 0) is 38.9 Å². The molecule has 0 spiro atoms. The number of hydrogen-bond donors (Lipinski definition) is 1. The van der Waals surface area contributed by atoms with E-state index >= 15 is 0 Å². The number of aromatic nitrogens is 1. The number of pyridine rings is 1. The molecule has 20 heavy (non-hydrogen) atoms. The highest BCUT2D eigenvalue weighted by Gasteiger charge is 2.30. The maximum absolute atomic E-state index is 12.5. The number of alkyl halides is 3. The van der Waals surface area contributed by atoms with E-state index in [0.29, 0.717) is 12.2 Å². The van der Waals surface area contributed by atoms with Crippen LogP contribution in [0.3, 0.4) is 0 Å². The van der Waals surface area contributed by atoms with Gasteiger partial charge in [-0.25, -0.2) is 0 Å². The van der Waals surface area contributed by atoms with Crippen LogP contribution in [0.15, 0.2) is 18.3 Å². The van der Waals surface area contributed by atoms with Gasteiger partial charge in [0.05, 0.1) is 17.6 Å². The Balaban J connectivity index is 2.73. The highest BCUT2D eigenvalue weighted by Crippen LogP contribution is 2.22. The van der Waals surface area contributed by atoms with Gasteiger partial charge < -0.3 is 10.2 Å². The molecule has 1 aromatic rings. The molecule has 1 N–H and O–H groups in total. The van der Waals surface area contributed by atoms with Gasteiger partial charge in [0, 0.05) is 12.6 Å². The van der Waals surface area contributed by atoms with E-state index < -0.39 is 12.7 Å². The smallest absolute Gasteiger partial charge is 0.362 e. The minimum atomic E-state index is -4.20. The second-order valence-electron chi connectivity index (χ2n) is 4.75. The minimum Gasteiger partial charge on any atom is -0.362 e. The fraction of sp³-hybridized carbons (Fsp3) is 0.643. The molecule has 3 nitrogen and oxygen atoms in total. The first kappa shape index (κ1) is 16.8. The molecule has 0 radical (unpaired) electrons. The average Bonchev–Trinajstić information content (AvgIpc) is 2.41. The monoisotopic (exact) mass is 289 g/mol. The Labute approximate surface area is 118 Å². The van der Waals surface area contributed by atoms with Crippen LogP contribution in [0, 0.1) is 0 Å². The highest BCUT2D eigenvalue weighted by molar-refractivity contribution is 5.44. The van der Waals surface area contributed by atoms with E-state index in [0.717, 1.165) is 18.7 Å². The van der Waals surface area contributed by atoms with Crippen molar-refractivity contribution in [1.29, 1.82) is 0 Å². The van der Waals surface area contributed by atoms with Gasteiger partial charge in [0.25, 0.3) is 0 Å². The van der Waals surface area contributed by atoms with Gasteiger partial charge in [-0.1, -0.05) is 6.92 Å². The summed E-state index contributed by atoms with van der Waals surface area (Å²) in [5, 5.41) is 3.29. The summed E-state index contributed by atoms with van der Waals surface area (Å²) in [6.07, 6.45) is -1.67. The maximum Gasteiger partial charge on any atom is 0.405 e. The lowest BCUT2D eigenvalue weighted by atomic mass is 10.2. The highest BCUT2D eigenvalue weighted by atomic mass is 19.4. The molecule has 1 heterocycles. The Morgan fingerprint density at radius 3 is 2.45 bits per heavy atom. The predicted octanol–water partition coefficient (Wildman–Crippen LogP) is 3.53. The van der Waals surface area contributed by atoms with Crippen LogP contribution >= 0.6 is 0 Å². The third-order valence-corrected chi connectivity index (χ3v) is 3.03. The molecule has 0 saturated heterocycles. The van der Waals surface area contributed by atoms with Crippen LogP contribution in [0.2, 0.25) is 0 Å². The molecule has 0 fully saturated rings. The van der Waals surface area contributed by atoms with Crippen LogP contribution < -0.4 is 10.2 Å². The van der Waals surface area contributed by atoms with Gasteiger partial charge in [-0.15, -0.1) is 0 Å². The average molecular weight is 289 g/mol. The topological polar surface area (TPSA) is 28.2 Å². The van der Waals surface area contributed by atoms with E-state index in [-0.39, 0.29) is 6.04 Å². The van der Waals surface area contributed by atoms with Crippen LogP contribution in [-0.2, 0) is 0 Å². The normalized spacial score (nSPS) is 13.3. The van der Waals surface area contributed by atoms with Crippen molar-refractivity contribution < 1.29 is 13.2 Å². The van der Waals surface area contributed by atoms with Crippen molar-refractivity contribution in [3.05, 3.63) is 24.0 Å². The quantitative estimate of drug-likeness (QED) is 0.832. The summed E-state index contributed by atoms with van der Waals surface area (Å²) < 4.78 is 37.4. The van der Waals surface area contributed by atoms with Crippen LogP contribution in [0.1, 0.15) is 38.9 Å². The summed E-state index contributed by atoms with van der Waals surface area (Å²) in [5.74, 6) is 0. The molecule has 0 saturated carbocycles. The standard InChI is InChI=1S/C14H22F3N3/c1-4-8-18-11(3)13-7-6-12(9-19-13)20(5-2)10-14(15,16)17/h6-7,9,11,18H,4-5,8,10H2,1-3H3. The Bertz CT molecular complexity index is 390. The van der Waals surface area contributed by atoms with Gasteiger partial charge in [0.15, 0.2) is 0 Å². The maximum atomic E-state index is 12.5. The van der Waals surface area contributed by atoms with Gasteiger partial charge in [-0.2, -0.15) is 13.2 Å². The lowest BCUT2D eigenvalue weighted by Crippen LogP contribution is -2.34. The van der Waals surface area contributed by atoms with Gasteiger partial charge >= 0.3 is 6.18 Å². The first-order valence-electron chi connectivity index (χ1n) is 6.88. The van der Waals surface area contributed by atoms with E-state index in [1.807, 2.05) is 6.92 Å². The molecule has 0 amide bonds. The number of rotatable bonds is 7.